The molecule has 0 bridgehead atoms. The van der Waals surface area contributed by atoms with Crippen LogP contribution in [0.3, 0.4) is 0 Å². The average Bonchev–Trinajstić information content (AvgIpc) is 2.76. The van der Waals surface area contributed by atoms with Crippen molar-refractivity contribution >= 4 is 23.3 Å². The van der Waals surface area contributed by atoms with Crippen molar-refractivity contribution in [2.45, 2.75) is 26.7 Å². The van der Waals surface area contributed by atoms with Gasteiger partial charge in [-0.2, -0.15) is 0 Å². The Kier molecular flexibility index (Phi) is 7.57. The molecular weight excluding hydrogens is 388 g/mol. The van der Waals surface area contributed by atoms with E-state index in [1.54, 1.807) is 12.1 Å². The number of amides is 1. The number of rotatable bonds is 8. The molecule has 1 saturated heterocycles. The Morgan fingerprint density at radius 3 is 2.33 bits per heavy atom. The molecule has 0 aromatic heterocycles. The Balaban J connectivity index is 1.90. The molecule has 8 heteroatoms. The molecule has 1 N–H and O–H groups in total. The van der Waals surface area contributed by atoms with Crippen LogP contribution in [-0.4, -0.2) is 51.4 Å². The summed E-state index contributed by atoms with van der Waals surface area (Å²) < 4.78 is 17.1. The lowest BCUT2D eigenvalue weighted by molar-refractivity contribution is -0.313. The zero-order valence-electron chi connectivity index (χ0n) is 17.5. The summed E-state index contributed by atoms with van der Waals surface area (Å²) in [5.74, 6) is -1.95. The topological polar surface area (TPSA) is 100 Å². The lowest BCUT2D eigenvalue weighted by Gasteiger charge is -2.31. The molecule has 1 heterocycles. The van der Waals surface area contributed by atoms with Gasteiger partial charge in [0.1, 0.15) is 11.5 Å². The van der Waals surface area contributed by atoms with E-state index in [2.05, 4.69) is 10.2 Å². The van der Waals surface area contributed by atoms with Gasteiger partial charge < -0.3 is 34.3 Å². The first-order chi connectivity index (χ1) is 14.5. The van der Waals surface area contributed by atoms with Crippen LogP contribution >= 0.6 is 0 Å². The Morgan fingerprint density at radius 1 is 1.07 bits per heavy atom. The molecule has 1 fully saturated rings. The minimum Gasteiger partial charge on any atom is -0.550 e. The van der Waals surface area contributed by atoms with Gasteiger partial charge in [-0.05, 0) is 26.7 Å². The summed E-state index contributed by atoms with van der Waals surface area (Å²) >= 11 is 0. The highest BCUT2D eigenvalue weighted by molar-refractivity contribution is 5.97. The molecule has 1 aliphatic carbocycles. The van der Waals surface area contributed by atoms with Gasteiger partial charge in [0.05, 0.1) is 43.7 Å². The number of nitrogens with one attached hydrogen (secondary N) is 1. The van der Waals surface area contributed by atoms with Crippen LogP contribution in [0.25, 0.3) is 0 Å². The largest absolute Gasteiger partial charge is 0.550 e. The molecule has 1 aromatic rings. The molecule has 0 unspecified atom stereocenters. The van der Waals surface area contributed by atoms with E-state index in [1.807, 2.05) is 26.0 Å². The van der Waals surface area contributed by atoms with Crippen molar-refractivity contribution in [3.63, 3.8) is 0 Å². The van der Waals surface area contributed by atoms with Crippen molar-refractivity contribution in [2.75, 3.05) is 49.7 Å². The van der Waals surface area contributed by atoms with Gasteiger partial charge in [-0.15, -0.1) is 0 Å². The third kappa shape index (κ3) is 5.05. The fourth-order valence-electron chi connectivity index (χ4n) is 3.83. The number of hydrogen-bond acceptors (Lipinski definition) is 7. The fraction of sp³-hybridized carbons (Fsp3) is 0.545. The monoisotopic (exact) mass is 417 g/mol. The van der Waals surface area contributed by atoms with E-state index >= 15 is 0 Å². The summed E-state index contributed by atoms with van der Waals surface area (Å²) in [5.41, 5.74) is 1.35. The summed E-state index contributed by atoms with van der Waals surface area (Å²) in [4.78, 5) is 26.6. The summed E-state index contributed by atoms with van der Waals surface area (Å²) in [5, 5.41) is 14.3. The molecule has 0 radical (unpaired) electrons. The van der Waals surface area contributed by atoms with Crippen LogP contribution in [0.4, 0.5) is 11.4 Å². The highest BCUT2D eigenvalue weighted by Crippen LogP contribution is 2.40. The fourth-order valence-corrected chi connectivity index (χ4v) is 3.83. The van der Waals surface area contributed by atoms with E-state index in [-0.39, 0.29) is 5.91 Å². The molecule has 1 aliphatic heterocycles. The molecule has 164 valence electrons. The number of carboxylic acid groups (broad SMARTS) is 1. The number of carboxylic acids is 1. The van der Waals surface area contributed by atoms with Crippen molar-refractivity contribution in [3.8, 4) is 11.5 Å². The first-order valence-corrected chi connectivity index (χ1v) is 10.5. The molecule has 1 aromatic carbocycles. The average molecular weight is 417 g/mol. The molecule has 0 saturated carbocycles. The smallest absolute Gasteiger partial charge is 0.228 e. The SMILES string of the molecule is CCOc1cc(N2CCOCC2)c(OCC)cc1NC(=O)[C@@H]1CC=CC[C@@H]1C(=O)[O-]. The number of anilines is 2. The third-order valence-corrected chi connectivity index (χ3v) is 5.34. The number of aliphatic carboxylic acids is 1. The molecule has 8 nitrogen and oxygen atoms in total. The van der Waals surface area contributed by atoms with E-state index in [1.165, 1.54) is 0 Å². The first kappa shape index (κ1) is 22.0. The lowest BCUT2D eigenvalue weighted by atomic mass is 9.82. The minimum absolute atomic E-state index is 0.291. The first-order valence-electron chi connectivity index (χ1n) is 10.5. The van der Waals surface area contributed by atoms with Crippen molar-refractivity contribution < 1.29 is 28.9 Å². The van der Waals surface area contributed by atoms with Crippen LogP contribution in [0.1, 0.15) is 26.7 Å². The van der Waals surface area contributed by atoms with Crippen molar-refractivity contribution in [1.82, 2.24) is 0 Å². The normalized spacial score (nSPS) is 21.2. The number of morpholine rings is 1. The zero-order valence-corrected chi connectivity index (χ0v) is 17.5. The van der Waals surface area contributed by atoms with Crippen LogP contribution in [0, 0.1) is 11.8 Å². The van der Waals surface area contributed by atoms with Crippen molar-refractivity contribution in [2.24, 2.45) is 11.8 Å². The van der Waals surface area contributed by atoms with Gasteiger partial charge >= 0.3 is 0 Å². The zero-order chi connectivity index (χ0) is 21.5. The molecule has 2 atom stereocenters. The molecule has 2 aliphatic rings. The van der Waals surface area contributed by atoms with Crippen LogP contribution in [-0.2, 0) is 14.3 Å². The molecular formula is C22H29N2O6-. The molecule has 0 spiro atoms. The molecule has 3 rings (SSSR count). The van der Waals surface area contributed by atoms with Gasteiger partial charge in [-0.3, -0.25) is 4.79 Å². The maximum absolute atomic E-state index is 12.9. The van der Waals surface area contributed by atoms with Crippen molar-refractivity contribution in [3.05, 3.63) is 24.3 Å². The second-order valence-electron chi connectivity index (χ2n) is 7.25. The summed E-state index contributed by atoms with van der Waals surface area (Å²) in [6.45, 7) is 7.40. The number of ether oxygens (including phenoxy) is 3. The number of allylic oxidation sites excluding steroid dienone is 2. The number of hydrogen-bond donors (Lipinski definition) is 1. The van der Waals surface area contributed by atoms with Crippen LogP contribution in [0.5, 0.6) is 11.5 Å². The minimum atomic E-state index is -1.21. The predicted molar refractivity (Wildman–Crippen MR) is 111 cm³/mol. The van der Waals surface area contributed by atoms with E-state index in [0.717, 1.165) is 18.8 Å². The van der Waals surface area contributed by atoms with E-state index < -0.39 is 17.8 Å². The van der Waals surface area contributed by atoms with Gasteiger partial charge in [-0.1, -0.05) is 12.2 Å². The standard InChI is InChI=1S/C22H30N2O6/c1-3-29-19-14-18(24-9-11-28-12-10-24)20(30-4-2)13-17(19)23-21(25)15-7-5-6-8-16(15)22(26)27/h5-6,13-16H,3-4,7-12H2,1-2H3,(H,23,25)(H,26,27)/p-1/t15-,16+/m1/s1. The lowest BCUT2D eigenvalue weighted by Crippen LogP contribution is -2.41. The number of carbonyl (C=O) groups excluding carboxylic acids is 2. The quantitative estimate of drug-likeness (QED) is 0.641. The maximum Gasteiger partial charge on any atom is 0.228 e. The summed E-state index contributed by atoms with van der Waals surface area (Å²) in [6, 6.07) is 3.62. The van der Waals surface area contributed by atoms with Gasteiger partial charge in [0.15, 0.2) is 0 Å². The van der Waals surface area contributed by atoms with Gasteiger partial charge in [0, 0.05) is 37.1 Å². The highest BCUT2D eigenvalue weighted by atomic mass is 16.5. The number of nitrogens with zero attached hydrogens (tertiary/aromatic N) is 1. The third-order valence-electron chi connectivity index (χ3n) is 5.34. The number of carbonyl (C=O) groups is 2. The Hall–Kier alpha value is -2.74. The predicted octanol–water partition coefficient (Wildman–Crippen LogP) is 1.59. The van der Waals surface area contributed by atoms with Crippen LogP contribution < -0.4 is 24.8 Å². The second-order valence-corrected chi connectivity index (χ2v) is 7.25. The van der Waals surface area contributed by atoms with Crippen LogP contribution in [0.15, 0.2) is 24.3 Å². The maximum atomic E-state index is 12.9. The van der Waals surface area contributed by atoms with Gasteiger partial charge in [-0.25, -0.2) is 0 Å². The van der Waals surface area contributed by atoms with Crippen molar-refractivity contribution in [1.29, 1.82) is 0 Å². The van der Waals surface area contributed by atoms with E-state index in [0.29, 0.717) is 56.5 Å². The summed E-state index contributed by atoms with van der Waals surface area (Å²) in [6.07, 6.45) is 4.26. The number of benzene rings is 1. The summed E-state index contributed by atoms with van der Waals surface area (Å²) in [7, 11) is 0. The molecule has 30 heavy (non-hydrogen) atoms. The Bertz CT molecular complexity index is 788. The van der Waals surface area contributed by atoms with Gasteiger partial charge in [0.2, 0.25) is 5.91 Å². The Morgan fingerprint density at radius 2 is 1.70 bits per heavy atom. The van der Waals surface area contributed by atoms with E-state index in [9.17, 15) is 14.7 Å². The van der Waals surface area contributed by atoms with Gasteiger partial charge in [0.25, 0.3) is 0 Å². The molecule has 1 amide bonds. The highest BCUT2D eigenvalue weighted by Gasteiger charge is 2.31. The van der Waals surface area contributed by atoms with E-state index in [4.69, 9.17) is 14.2 Å². The second kappa shape index (κ2) is 10.3. The Labute approximate surface area is 176 Å². The van der Waals surface area contributed by atoms with Crippen LogP contribution in [0.2, 0.25) is 0 Å².